The molecule has 1 aromatic rings. The molecular weight excluding hydrogens is 222 g/mol. The first-order valence-corrected chi connectivity index (χ1v) is 6.17. The minimum atomic E-state index is 0.287. The van der Waals surface area contributed by atoms with Crippen LogP contribution in [0.15, 0.2) is 18.2 Å². The van der Waals surface area contributed by atoms with Gasteiger partial charge in [-0.15, -0.1) is 0 Å². The van der Waals surface area contributed by atoms with Crippen LogP contribution >= 0.6 is 11.6 Å². The molecule has 0 aliphatic rings. The molecule has 90 valence electrons. The van der Waals surface area contributed by atoms with Crippen LogP contribution in [-0.2, 0) is 6.54 Å². The van der Waals surface area contributed by atoms with E-state index in [1.807, 2.05) is 6.07 Å². The Labute approximate surface area is 103 Å². The van der Waals surface area contributed by atoms with Crippen LogP contribution in [0.2, 0.25) is 5.02 Å². The molecule has 0 fully saturated rings. The Hall–Kier alpha value is -0.730. The van der Waals surface area contributed by atoms with Crippen LogP contribution in [0.25, 0.3) is 0 Å². The Morgan fingerprint density at radius 2 is 2.06 bits per heavy atom. The van der Waals surface area contributed by atoms with E-state index in [1.165, 1.54) is 19.3 Å². The minimum Gasteiger partial charge on any atom is -0.508 e. The molecule has 1 aromatic carbocycles. The van der Waals surface area contributed by atoms with Crippen LogP contribution in [-0.4, -0.2) is 23.6 Å². The van der Waals surface area contributed by atoms with Crippen LogP contribution in [0.4, 0.5) is 0 Å². The van der Waals surface area contributed by atoms with Crippen molar-refractivity contribution in [2.45, 2.75) is 32.7 Å². The molecule has 1 rings (SSSR count). The number of phenols is 1. The Bertz CT molecular complexity index is 307. The van der Waals surface area contributed by atoms with Crippen LogP contribution in [0.1, 0.15) is 31.7 Å². The van der Waals surface area contributed by atoms with Crippen LogP contribution in [0.5, 0.6) is 5.75 Å². The van der Waals surface area contributed by atoms with Crippen molar-refractivity contribution in [1.29, 1.82) is 0 Å². The summed E-state index contributed by atoms with van der Waals surface area (Å²) in [5.41, 5.74) is 0.822. The molecule has 2 nitrogen and oxygen atoms in total. The Balaban J connectivity index is 2.52. The van der Waals surface area contributed by atoms with E-state index in [-0.39, 0.29) is 5.75 Å². The van der Waals surface area contributed by atoms with Gasteiger partial charge in [0.15, 0.2) is 0 Å². The van der Waals surface area contributed by atoms with Gasteiger partial charge in [0.1, 0.15) is 5.75 Å². The van der Waals surface area contributed by atoms with Gasteiger partial charge in [-0.3, -0.25) is 0 Å². The predicted octanol–water partition coefficient (Wildman–Crippen LogP) is 3.67. The van der Waals surface area contributed by atoms with E-state index < -0.39 is 0 Å². The highest BCUT2D eigenvalue weighted by Crippen LogP contribution is 2.26. The van der Waals surface area contributed by atoms with E-state index in [1.54, 1.807) is 12.1 Å². The SMILES string of the molecule is CCCCCN(C)Cc1c(O)cccc1Cl. The first kappa shape index (κ1) is 13.3. The van der Waals surface area contributed by atoms with Gasteiger partial charge in [0.25, 0.3) is 0 Å². The zero-order chi connectivity index (χ0) is 12.0. The average molecular weight is 242 g/mol. The van der Waals surface area contributed by atoms with Crippen molar-refractivity contribution >= 4 is 11.6 Å². The first-order chi connectivity index (χ1) is 7.65. The van der Waals surface area contributed by atoms with Gasteiger partial charge in [0.05, 0.1) is 0 Å². The van der Waals surface area contributed by atoms with Gasteiger partial charge >= 0.3 is 0 Å². The third-order valence-corrected chi connectivity index (χ3v) is 3.02. The van der Waals surface area contributed by atoms with Crippen LogP contribution in [0.3, 0.4) is 0 Å². The lowest BCUT2D eigenvalue weighted by Crippen LogP contribution is -2.19. The predicted molar refractivity (Wildman–Crippen MR) is 69.0 cm³/mol. The summed E-state index contributed by atoms with van der Waals surface area (Å²) in [6.07, 6.45) is 3.67. The van der Waals surface area contributed by atoms with Gasteiger partial charge < -0.3 is 10.0 Å². The summed E-state index contributed by atoms with van der Waals surface area (Å²) in [6, 6.07) is 5.26. The molecule has 0 saturated heterocycles. The lowest BCUT2D eigenvalue weighted by atomic mass is 10.2. The molecule has 0 atom stereocenters. The molecule has 0 aromatic heterocycles. The van der Waals surface area contributed by atoms with Crippen LogP contribution in [0, 0.1) is 0 Å². The van der Waals surface area contributed by atoms with E-state index in [0.29, 0.717) is 11.6 Å². The second-order valence-corrected chi connectivity index (χ2v) is 4.59. The summed E-state index contributed by atoms with van der Waals surface area (Å²) in [5, 5.41) is 10.3. The molecule has 0 heterocycles. The number of phenolic OH excluding ortho intramolecular Hbond substituents is 1. The van der Waals surface area contributed by atoms with Crippen molar-refractivity contribution in [2.75, 3.05) is 13.6 Å². The summed E-state index contributed by atoms with van der Waals surface area (Å²) in [6.45, 7) is 3.94. The zero-order valence-electron chi connectivity index (χ0n) is 10.0. The highest BCUT2D eigenvalue weighted by molar-refractivity contribution is 6.31. The average Bonchev–Trinajstić information content (AvgIpc) is 2.24. The van der Waals surface area contributed by atoms with Crippen molar-refractivity contribution in [2.24, 2.45) is 0 Å². The van der Waals surface area contributed by atoms with Gasteiger partial charge in [0.2, 0.25) is 0 Å². The van der Waals surface area contributed by atoms with Crippen molar-refractivity contribution in [1.82, 2.24) is 4.90 Å². The largest absolute Gasteiger partial charge is 0.508 e. The number of aromatic hydroxyl groups is 1. The third-order valence-electron chi connectivity index (χ3n) is 2.67. The van der Waals surface area contributed by atoms with Gasteiger partial charge in [-0.1, -0.05) is 37.4 Å². The van der Waals surface area contributed by atoms with Crippen molar-refractivity contribution in [3.05, 3.63) is 28.8 Å². The summed E-state index contributed by atoms with van der Waals surface area (Å²) in [5.74, 6) is 0.287. The van der Waals surface area contributed by atoms with Gasteiger partial charge in [0, 0.05) is 17.1 Å². The third kappa shape index (κ3) is 4.03. The molecule has 0 bridgehead atoms. The Morgan fingerprint density at radius 3 is 2.69 bits per heavy atom. The van der Waals surface area contributed by atoms with Crippen molar-refractivity contribution in [3.63, 3.8) is 0 Å². The molecule has 0 radical (unpaired) electrons. The summed E-state index contributed by atoms with van der Waals surface area (Å²) in [7, 11) is 2.05. The Kier molecular flexibility index (Phi) is 5.64. The number of rotatable bonds is 6. The topological polar surface area (TPSA) is 23.5 Å². The fourth-order valence-electron chi connectivity index (χ4n) is 1.68. The monoisotopic (exact) mass is 241 g/mol. The molecule has 16 heavy (non-hydrogen) atoms. The molecule has 0 unspecified atom stereocenters. The molecular formula is C13H20ClNO. The number of hydrogen-bond acceptors (Lipinski definition) is 2. The second kappa shape index (κ2) is 6.77. The summed E-state index contributed by atoms with van der Waals surface area (Å²) >= 11 is 6.05. The van der Waals surface area contributed by atoms with Crippen molar-refractivity contribution in [3.8, 4) is 5.75 Å². The standard InChI is InChI=1S/C13H20ClNO/c1-3-4-5-9-15(2)10-11-12(14)7-6-8-13(11)16/h6-8,16H,3-5,9-10H2,1-2H3. The highest BCUT2D eigenvalue weighted by atomic mass is 35.5. The van der Waals surface area contributed by atoms with Gasteiger partial charge in [-0.05, 0) is 32.1 Å². The van der Waals surface area contributed by atoms with E-state index in [2.05, 4.69) is 18.9 Å². The molecule has 0 aliphatic heterocycles. The number of unbranched alkanes of at least 4 members (excludes halogenated alkanes) is 2. The lowest BCUT2D eigenvalue weighted by molar-refractivity contribution is 0.312. The molecule has 0 amide bonds. The Morgan fingerprint density at radius 1 is 1.31 bits per heavy atom. The van der Waals surface area contributed by atoms with Crippen molar-refractivity contribution < 1.29 is 5.11 Å². The highest BCUT2D eigenvalue weighted by Gasteiger charge is 2.08. The van der Waals surface area contributed by atoms with Crippen LogP contribution < -0.4 is 0 Å². The second-order valence-electron chi connectivity index (χ2n) is 4.18. The smallest absolute Gasteiger partial charge is 0.121 e. The van der Waals surface area contributed by atoms with E-state index in [9.17, 15) is 5.11 Å². The number of benzene rings is 1. The maximum absolute atomic E-state index is 9.70. The maximum atomic E-state index is 9.70. The van der Waals surface area contributed by atoms with E-state index >= 15 is 0 Å². The fourth-order valence-corrected chi connectivity index (χ4v) is 1.91. The maximum Gasteiger partial charge on any atom is 0.121 e. The molecule has 0 spiro atoms. The number of halogens is 1. The van der Waals surface area contributed by atoms with E-state index in [0.717, 1.165) is 12.1 Å². The molecule has 3 heteroatoms. The van der Waals surface area contributed by atoms with E-state index in [4.69, 9.17) is 11.6 Å². The minimum absolute atomic E-state index is 0.287. The molecule has 0 saturated carbocycles. The number of hydrogen-bond donors (Lipinski definition) is 1. The quantitative estimate of drug-likeness (QED) is 0.769. The normalized spacial score (nSPS) is 11.0. The van der Waals surface area contributed by atoms with Gasteiger partial charge in [-0.2, -0.15) is 0 Å². The molecule has 0 aliphatic carbocycles. The lowest BCUT2D eigenvalue weighted by Gasteiger charge is -2.17. The fraction of sp³-hybridized carbons (Fsp3) is 0.538. The zero-order valence-corrected chi connectivity index (χ0v) is 10.8. The van der Waals surface area contributed by atoms with Gasteiger partial charge in [-0.25, -0.2) is 0 Å². The molecule has 1 N–H and O–H groups in total. The summed E-state index contributed by atoms with van der Waals surface area (Å²) in [4.78, 5) is 2.19. The first-order valence-electron chi connectivity index (χ1n) is 5.80. The number of nitrogens with zero attached hydrogens (tertiary/aromatic N) is 1. The summed E-state index contributed by atoms with van der Waals surface area (Å²) < 4.78 is 0.